The van der Waals surface area contributed by atoms with Crippen molar-refractivity contribution in [2.75, 3.05) is 32.8 Å². The highest BCUT2D eigenvalue weighted by atomic mass is 16.7. The lowest BCUT2D eigenvalue weighted by molar-refractivity contribution is -0.281. The highest BCUT2D eigenvalue weighted by molar-refractivity contribution is 5.97. The van der Waals surface area contributed by atoms with Gasteiger partial charge in [-0.25, -0.2) is 0 Å². The number of aliphatic carboxylic acids is 1. The summed E-state index contributed by atoms with van der Waals surface area (Å²) in [5, 5.41) is 57.6. The van der Waals surface area contributed by atoms with E-state index in [9.17, 15) is 68.1 Å². The Morgan fingerprint density at radius 2 is 1.35 bits per heavy atom. The molecule has 0 aromatic heterocycles. The molecule has 27 heteroatoms. The van der Waals surface area contributed by atoms with E-state index < -0.39 is 164 Å². The van der Waals surface area contributed by atoms with Crippen LogP contribution in [0.4, 0.5) is 0 Å². The standard InChI is InChI=1S/C42H68N10O17/c1-19(2)15-25(49-36(62)24(47-22(5)54)11-12-31(58)59)37(63)46-20(3)41(67)52-14-8-10-27(52)39(65)50-32(21(4)68-42-33(48-23(6)55)35(61)34(60)28(18-53)69-42)40(66)45-17-30(57)51-13-7-9-26(51)38(64)44-16-29(43)56/h19-21,24-28,32-35,42,53,60-61H,7-18H2,1-6H3,(H2,43,56)(H,44,64)(H,45,66)(H,46,63)(H,47,54)(H,48,55)(H,49,62)(H,50,65)(H,58,59)/t20-,21+,24-,25-,26-,27-,28+,32-,33+,34-,35+,42-/m0/s1. The van der Waals surface area contributed by atoms with Gasteiger partial charge < -0.3 is 82.7 Å². The maximum atomic E-state index is 14.2. The van der Waals surface area contributed by atoms with Crippen molar-refractivity contribution in [1.82, 2.24) is 47.0 Å². The Bertz CT molecular complexity index is 1910. The number of nitrogens with zero attached hydrogens (tertiary/aromatic N) is 2. The Morgan fingerprint density at radius 1 is 0.739 bits per heavy atom. The molecule has 0 aromatic carbocycles. The van der Waals surface area contributed by atoms with E-state index in [1.165, 1.54) is 23.6 Å². The number of hydrogen-bond acceptors (Lipinski definition) is 16. The molecule has 3 saturated heterocycles. The predicted octanol–water partition coefficient (Wildman–Crippen LogP) is -6.08. The van der Waals surface area contributed by atoms with E-state index in [-0.39, 0.29) is 44.7 Å². The number of likely N-dealkylation sites (tertiary alicyclic amines) is 2. The van der Waals surface area contributed by atoms with Crippen molar-refractivity contribution in [3.63, 3.8) is 0 Å². The van der Waals surface area contributed by atoms with Gasteiger partial charge in [-0.05, 0) is 58.3 Å². The number of aliphatic hydroxyl groups excluding tert-OH is 3. The monoisotopic (exact) mass is 984 g/mol. The first-order valence-electron chi connectivity index (χ1n) is 22.7. The number of rotatable bonds is 24. The molecule has 0 spiro atoms. The second-order valence-corrected chi connectivity index (χ2v) is 17.7. The number of amides is 10. The number of carboxylic acid groups (broad SMARTS) is 1. The van der Waals surface area contributed by atoms with Gasteiger partial charge in [-0.3, -0.25) is 52.7 Å². The third-order valence-corrected chi connectivity index (χ3v) is 11.6. The Kier molecular flexibility index (Phi) is 22.1. The molecular weight excluding hydrogens is 917 g/mol. The van der Waals surface area contributed by atoms with E-state index in [1.54, 1.807) is 13.8 Å². The Balaban J connectivity index is 1.84. The van der Waals surface area contributed by atoms with Gasteiger partial charge in [0, 0.05) is 33.4 Å². The minimum atomic E-state index is -1.74. The van der Waals surface area contributed by atoms with Gasteiger partial charge in [0.05, 0.1) is 25.8 Å². The number of carbonyl (C=O) groups is 11. The molecule has 3 rings (SSSR count). The number of primary amides is 1. The molecule has 0 aliphatic carbocycles. The third-order valence-electron chi connectivity index (χ3n) is 11.6. The van der Waals surface area contributed by atoms with Gasteiger partial charge >= 0.3 is 5.97 Å². The molecule has 0 radical (unpaired) electrons. The van der Waals surface area contributed by atoms with Crippen molar-refractivity contribution in [1.29, 1.82) is 0 Å². The first-order chi connectivity index (χ1) is 32.4. The van der Waals surface area contributed by atoms with E-state index in [0.29, 0.717) is 12.8 Å². The number of carbonyl (C=O) groups excluding carboxylic acids is 10. The van der Waals surface area contributed by atoms with Crippen LogP contribution in [-0.2, 0) is 62.2 Å². The minimum Gasteiger partial charge on any atom is -0.481 e. The molecule has 0 bridgehead atoms. The highest BCUT2D eigenvalue weighted by Crippen LogP contribution is 2.25. The third kappa shape index (κ3) is 16.9. The fourth-order valence-corrected chi connectivity index (χ4v) is 8.21. The van der Waals surface area contributed by atoms with Crippen LogP contribution in [0.1, 0.15) is 86.5 Å². The lowest BCUT2D eigenvalue weighted by Gasteiger charge is -2.43. The first kappa shape index (κ1) is 57.3. The molecule has 12 atom stereocenters. The number of aliphatic hydroxyl groups is 3. The van der Waals surface area contributed by atoms with E-state index in [2.05, 4.69) is 37.2 Å². The predicted molar refractivity (Wildman–Crippen MR) is 236 cm³/mol. The maximum Gasteiger partial charge on any atom is 0.303 e. The highest BCUT2D eigenvalue weighted by Gasteiger charge is 2.48. The molecule has 3 fully saturated rings. The van der Waals surface area contributed by atoms with Crippen LogP contribution in [0.3, 0.4) is 0 Å². The molecule has 3 heterocycles. The number of nitrogens with two attached hydrogens (primary N) is 1. The van der Waals surface area contributed by atoms with Gasteiger partial charge in [0.25, 0.3) is 0 Å². The fourth-order valence-electron chi connectivity index (χ4n) is 8.21. The molecule has 0 aromatic rings. The molecule has 0 saturated carbocycles. The number of carboxylic acids is 1. The molecular formula is C42H68N10O17. The largest absolute Gasteiger partial charge is 0.481 e. The van der Waals surface area contributed by atoms with E-state index in [0.717, 1.165) is 13.8 Å². The summed E-state index contributed by atoms with van der Waals surface area (Å²) >= 11 is 0. The topological polar surface area (TPSA) is 404 Å². The van der Waals surface area contributed by atoms with Crippen LogP contribution < -0.4 is 43.0 Å². The molecule has 3 aliphatic rings. The van der Waals surface area contributed by atoms with Gasteiger partial charge in [-0.1, -0.05) is 13.8 Å². The molecule has 27 nitrogen and oxygen atoms in total. The van der Waals surface area contributed by atoms with Gasteiger partial charge in [0.2, 0.25) is 59.1 Å². The zero-order valence-electron chi connectivity index (χ0n) is 39.6. The van der Waals surface area contributed by atoms with Crippen molar-refractivity contribution < 1.29 is 82.6 Å². The van der Waals surface area contributed by atoms with Gasteiger partial charge in [-0.15, -0.1) is 0 Å². The normalized spacial score (nSPS) is 24.4. The average molecular weight is 985 g/mol. The Hall–Kier alpha value is -6.03. The second-order valence-electron chi connectivity index (χ2n) is 17.7. The van der Waals surface area contributed by atoms with Crippen LogP contribution in [0.2, 0.25) is 0 Å². The van der Waals surface area contributed by atoms with E-state index >= 15 is 0 Å². The van der Waals surface area contributed by atoms with Gasteiger partial charge in [0.1, 0.15) is 60.6 Å². The SMILES string of the molecule is CC(=O)N[C@H]1[C@@H](O[C@H](C)[C@H](NC(=O)[C@@H]2CCCN2C(=O)[C@H](C)NC(=O)[C@H](CC(C)C)NC(=O)[C@H](CCC(=O)O)NC(C)=O)C(=O)NCC(=O)N2CCC[C@H]2C(=O)NCC(N)=O)O[C@H](CO)[C@H](O)[C@@H]1O. The lowest BCUT2D eigenvalue weighted by atomic mass is 9.96. The Labute approximate surface area is 398 Å². The van der Waals surface area contributed by atoms with Crippen LogP contribution >= 0.6 is 0 Å². The maximum absolute atomic E-state index is 14.2. The van der Waals surface area contributed by atoms with Gasteiger partial charge in [-0.2, -0.15) is 0 Å². The fraction of sp³-hybridized carbons (Fsp3) is 0.738. The van der Waals surface area contributed by atoms with Crippen molar-refractivity contribution in [3.05, 3.63) is 0 Å². The van der Waals surface area contributed by atoms with Crippen LogP contribution in [-0.4, -0.2) is 201 Å². The summed E-state index contributed by atoms with van der Waals surface area (Å²) in [6, 6.07) is -9.18. The van der Waals surface area contributed by atoms with Crippen LogP contribution in [0, 0.1) is 5.92 Å². The molecule has 69 heavy (non-hydrogen) atoms. The van der Waals surface area contributed by atoms with Gasteiger partial charge in [0.15, 0.2) is 6.29 Å². The van der Waals surface area contributed by atoms with E-state index in [4.69, 9.17) is 20.3 Å². The van der Waals surface area contributed by atoms with Crippen molar-refractivity contribution >= 4 is 65.0 Å². The van der Waals surface area contributed by atoms with Crippen LogP contribution in [0.25, 0.3) is 0 Å². The quantitative estimate of drug-likeness (QED) is 0.0428. The van der Waals surface area contributed by atoms with Crippen LogP contribution in [0.5, 0.6) is 0 Å². The average Bonchev–Trinajstić information content (AvgIpc) is 3.98. The first-order valence-corrected chi connectivity index (χ1v) is 22.7. The van der Waals surface area contributed by atoms with Crippen molar-refractivity contribution in [3.8, 4) is 0 Å². The molecule has 10 amide bonds. The molecule has 0 unspecified atom stereocenters. The summed E-state index contributed by atoms with van der Waals surface area (Å²) in [6.07, 6.45) is -7.51. The van der Waals surface area contributed by atoms with Crippen molar-refractivity contribution in [2.45, 2.75) is 159 Å². The summed E-state index contributed by atoms with van der Waals surface area (Å²) in [4.78, 5) is 144. The molecule has 3 aliphatic heterocycles. The molecule has 388 valence electrons. The molecule has 13 N–H and O–H groups in total. The van der Waals surface area contributed by atoms with E-state index in [1.807, 2.05) is 0 Å². The smallest absolute Gasteiger partial charge is 0.303 e. The summed E-state index contributed by atoms with van der Waals surface area (Å²) in [5.74, 6) is -9.03. The van der Waals surface area contributed by atoms with Crippen molar-refractivity contribution in [2.24, 2.45) is 11.7 Å². The summed E-state index contributed by atoms with van der Waals surface area (Å²) in [6.45, 7) is 6.65. The number of hydrogen-bond donors (Lipinski definition) is 12. The number of nitrogens with one attached hydrogen (secondary N) is 7. The second kappa shape index (κ2) is 26.7. The zero-order chi connectivity index (χ0) is 51.9. The summed E-state index contributed by atoms with van der Waals surface area (Å²) in [5.41, 5.74) is 5.13. The van der Waals surface area contributed by atoms with Crippen LogP contribution in [0.15, 0.2) is 0 Å². The minimum absolute atomic E-state index is 0.0315. The lowest BCUT2D eigenvalue weighted by Crippen LogP contribution is -2.66. The Morgan fingerprint density at radius 3 is 1.91 bits per heavy atom. The number of ether oxygens (including phenoxy) is 2. The zero-order valence-corrected chi connectivity index (χ0v) is 39.6. The summed E-state index contributed by atoms with van der Waals surface area (Å²) < 4.78 is 11.7. The summed E-state index contributed by atoms with van der Waals surface area (Å²) in [7, 11) is 0.